The summed E-state index contributed by atoms with van der Waals surface area (Å²) in [6, 6.07) is 11.6. The Morgan fingerprint density at radius 1 is 1.18 bits per heavy atom. The third kappa shape index (κ3) is 2.35. The average Bonchev–Trinajstić information content (AvgIpc) is 2.49. The number of hydrogen-bond donors (Lipinski definition) is 0. The van der Waals surface area contributed by atoms with Crippen LogP contribution in [0.15, 0.2) is 42.5 Å². The molecule has 1 aliphatic rings. The summed E-state index contributed by atoms with van der Waals surface area (Å²) in [6.45, 7) is 1.83. The Bertz CT molecular complexity index is 784. The third-order valence-corrected chi connectivity index (χ3v) is 4.59. The molecule has 0 amide bonds. The van der Waals surface area contributed by atoms with Crippen molar-refractivity contribution in [3.8, 4) is 0 Å². The number of Topliss-reactive ketones (excluding diaryl/α,β-unsaturated/α-hetero) is 2. The molecule has 112 valence electrons. The second-order valence-electron chi connectivity index (χ2n) is 5.83. The Hall–Kier alpha value is -2.00. The number of rotatable bonds is 2. The van der Waals surface area contributed by atoms with E-state index in [2.05, 4.69) is 0 Å². The molecule has 0 aromatic heterocycles. The van der Waals surface area contributed by atoms with E-state index in [1.165, 1.54) is 12.1 Å². The monoisotopic (exact) mass is 316 g/mol. The number of benzene rings is 2. The summed E-state index contributed by atoms with van der Waals surface area (Å²) in [5, 5.41) is 0.0359. The number of carbonyl (C=O) groups excluding carboxylic acids is 2. The van der Waals surface area contributed by atoms with Crippen molar-refractivity contribution in [1.29, 1.82) is 0 Å². The maximum Gasteiger partial charge on any atom is 0.170 e. The van der Waals surface area contributed by atoms with Crippen LogP contribution in [0.25, 0.3) is 0 Å². The largest absolute Gasteiger partial charge is 0.298 e. The molecule has 0 saturated heterocycles. The summed E-state index contributed by atoms with van der Waals surface area (Å²) in [5.41, 5.74) is 1.30. The van der Waals surface area contributed by atoms with Crippen LogP contribution in [0, 0.1) is 5.82 Å². The molecule has 0 N–H and O–H groups in total. The van der Waals surface area contributed by atoms with Crippen LogP contribution in [0.1, 0.15) is 34.8 Å². The van der Waals surface area contributed by atoms with Crippen LogP contribution in [0.2, 0.25) is 5.02 Å². The summed E-state index contributed by atoms with van der Waals surface area (Å²) in [7, 11) is 0. The summed E-state index contributed by atoms with van der Waals surface area (Å²) >= 11 is 5.82. The van der Waals surface area contributed by atoms with Crippen molar-refractivity contribution >= 4 is 23.2 Å². The van der Waals surface area contributed by atoms with Crippen LogP contribution in [0.4, 0.5) is 4.39 Å². The van der Waals surface area contributed by atoms with Gasteiger partial charge in [-0.1, -0.05) is 41.9 Å². The first-order chi connectivity index (χ1) is 10.4. The fourth-order valence-electron chi connectivity index (χ4n) is 3.05. The van der Waals surface area contributed by atoms with E-state index >= 15 is 0 Å². The molecule has 2 nitrogen and oxygen atoms in total. The van der Waals surface area contributed by atoms with Gasteiger partial charge in [-0.15, -0.1) is 0 Å². The van der Waals surface area contributed by atoms with E-state index in [1.807, 2.05) is 19.1 Å². The molecular weight excluding hydrogens is 303 g/mol. The lowest BCUT2D eigenvalue weighted by atomic mass is 9.67. The highest BCUT2D eigenvalue weighted by molar-refractivity contribution is 6.30. The van der Waals surface area contributed by atoms with Gasteiger partial charge >= 0.3 is 0 Å². The molecule has 1 aliphatic carbocycles. The fourth-order valence-corrected chi connectivity index (χ4v) is 3.25. The zero-order chi connectivity index (χ0) is 15.9. The van der Waals surface area contributed by atoms with Crippen molar-refractivity contribution < 1.29 is 14.0 Å². The van der Waals surface area contributed by atoms with E-state index in [9.17, 15) is 14.0 Å². The molecule has 0 aliphatic heterocycles. The minimum Gasteiger partial charge on any atom is -0.298 e. The summed E-state index contributed by atoms with van der Waals surface area (Å²) in [5.74, 6) is -0.743. The molecule has 0 saturated carbocycles. The first-order valence-electron chi connectivity index (χ1n) is 7.02. The zero-order valence-electron chi connectivity index (χ0n) is 12.0. The van der Waals surface area contributed by atoms with Crippen molar-refractivity contribution in [2.45, 2.75) is 25.2 Å². The molecule has 2 aromatic carbocycles. The minimum atomic E-state index is -0.800. The Balaban J connectivity index is 2.07. The van der Waals surface area contributed by atoms with E-state index in [0.29, 0.717) is 12.0 Å². The molecule has 1 unspecified atom stereocenters. The minimum absolute atomic E-state index is 0.0359. The Morgan fingerprint density at radius 2 is 1.91 bits per heavy atom. The summed E-state index contributed by atoms with van der Waals surface area (Å²) in [6.07, 6.45) is 0.290. The third-order valence-electron chi connectivity index (χ3n) is 4.30. The van der Waals surface area contributed by atoms with Crippen LogP contribution in [-0.4, -0.2) is 11.6 Å². The molecule has 0 spiro atoms. The highest BCUT2D eigenvalue weighted by Crippen LogP contribution is 2.37. The van der Waals surface area contributed by atoms with E-state index in [4.69, 9.17) is 11.6 Å². The molecule has 0 bridgehead atoms. The van der Waals surface area contributed by atoms with E-state index < -0.39 is 11.2 Å². The Labute approximate surface area is 132 Å². The standard InChI is InChI=1S/C18H14ClFO2/c1-18(10-11-6-7-15(20)14(19)8-11)13-5-3-2-4-12(13)16(21)9-17(18)22/h2-8H,9-10H2,1H3. The Kier molecular flexibility index (Phi) is 3.61. The van der Waals surface area contributed by atoms with E-state index in [0.717, 1.165) is 11.1 Å². The van der Waals surface area contributed by atoms with Crippen LogP contribution < -0.4 is 0 Å². The lowest BCUT2D eigenvalue weighted by Gasteiger charge is -2.34. The summed E-state index contributed by atoms with van der Waals surface area (Å²) < 4.78 is 13.3. The molecule has 0 fully saturated rings. The van der Waals surface area contributed by atoms with Crippen LogP contribution in [0.3, 0.4) is 0 Å². The van der Waals surface area contributed by atoms with Crippen molar-refractivity contribution in [3.63, 3.8) is 0 Å². The zero-order valence-corrected chi connectivity index (χ0v) is 12.8. The second kappa shape index (κ2) is 5.33. The number of fused-ring (bicyclic) bond motifs is 1. The van der Waals surface area contributed by atoms with Gasteiger partial charge < -0.3 is 0 Å². The van der Waals surface area contributed by atoms with Gasteiger partial charge in [0.2, 0.25) is 0 Å². The van der Waals surface area contributed by atoms with Gasteiger partial charge in [0.15, 0.2) is 11.6 Å². The van der Waals surface area contributed by atoms with E-state index in [1.54, 1.807) is 18.2 Å². The first kappa shape index (κ1) is 14.9. The van der Waals surface area contributed by atoms with Gasteiger partial charge in [0.1, 0.15) is 5.82 Å². The second-order valence-corrected chi connectivity index (χ2v) is 6.23. The predicted octanol–water partition coefficient (Wildman–Crippen LogP) is 4.14. The quantitative estimate of drug-likeness (QED) is 0.780. The van der Waals surface area contributed by atoms with Gasteiger partial charge in [0, 0.05) is 5.56 Å². The van der Waals surface area contributed by atoms with Gasteiger partial charge in [-0.3, -0.25) is 9.59 Å². The normalized spacial score (nSPS) is 20.9. The molecule has 1 atom stereocenters. The van der Waals surface area contributed by atoms with Gasteiger partial charge in [0.25, 0.3) is 0 Å². The fraction of sp³-hybridized carbons (Fsp3) is 0.222. The lowest BCUT2D eigenvalue weighted by molar-refractivity contribution is -0.123. The number of ketones is 2. The molecule has 22 heavy (non-hydrogen) atoms. The topological polar surface area (TPSA) is 34.1 Å². The Morgan fingerprint density at radius 3 is 2.64 bits per heavy atom. The molecule has 0 radical (unpaired) electrons. The van der Waals surface area contributed by atoms with Crippen LogP contribution >= 0.6 is 11.6 Å². The number of hydrogen-bond acceptors (Lipinski definition) is 2. The highest BCUT2D eigenvalue weighted by atomic mass is 35.5. The van der Waals surface area contributed by atoms with Gasteiger partial charge in [-0.25, -0.2) is 4.39 Å². The number of carbonyl (C=O) groups is 2. The molecule has 0 heterocycles. The highest BCUT2D eigenvalue weighted by Gasteiger charge is 2.42. The lowest BCUT2D eigenvalue weighted by Crippen LogP contribution is -2.41. The van der Waals surface area contributed by atoms with Crippen LogP contribution in [-0.2, 0) is 16.6 Å². The first-order valence-corrected chi connectivity index (χ1v) is 7.39. The smallest absolute Gasteiger partial charge is 0.170 e. The van der Waals surface area contributed by atoms with Crippen molar-refractivity contribution in [2.24, 2.45) is 0 Å². The van der Waals surface area contributed by atoms with Crippen molar-refractivity contribution in [1.82, 2.24) is 0 Å². The maximum atomic E-state index is 13.3. The molecule has 2 aromatic rings. The van der Waals surface area contributed by atoms with Gasteiger partial charge in [-0.05, 0) is 36.6 Å². The van der Waals surface area contributed by atoms with Crippen LogP contribution in [0.5, 0.6) is 0 Å². The number of halogens is 2. The van der Waals surface area contributed by atoms with E-state index in [-0.39, 0.29) is 23.0 Å². The SMILES string of the molecule is CC1(Cc2ccc(F)c(Cl)c2)C(=O)CC(=O)c2ccccc21. The van der Waals surface area contributed by atoms with Gasteiger partial charge in [-0.2, -0.15) is 0 Å². The maximum absolute atomic E-state index is 13.3. The molecular formula is C18H14ClFO2. The van der Waals surface area contributed by atoms with Crippen molar-refractivity contribution in [2.75, 3.05) is 0 Å². The predicted molar refractivity (Wildman–Crippen MR) is 82.9 cm³/mol. The molecule has 4 heteroatoms. The van der Waals surface area contributed by atoms with Crippen molar-refractivity contribution in [3.05, 3.63) is 70.0 Å². The molecule has 3 rings (SSSR count). The summed E-state index contributed by atoms with van der Waals surface area (Å²) in [4.78, 5) is 24.6. The van der Waals surface area contributed by atoms with Gasteiger partial charge in [0.05, 0.1) is 16.9 Å². The average molecular weight is 317 g/mol.